The molecule has 0 amide bonds. The first-order valence-electron chi connectivity index (χ1n) is 5.86. The zero-order valence-corrected chi connectivity index (χ0v) is 14.1. The SMILES string of the molecule is O=C(C=Cc1ccccc1C(=O)[O-])c1ccc(Cl)cc1.[Na+]. The van der Waals surface area contributed by atoms with Crippen LogP contribution in [0.3, 0.4) is 0 Å². The van der Waals surface area contributed by atoms with E-state index in [4.69, 9.17) is 11.6 Å². The van der Waals surface area contributed by atoms with Crippen LogP contribution in [-0.2, 0) is 0 Å². The van der Waals surface area contributed by atoms with Crippen LogP contribution in [0.1, 0.15) is 26.3 Å². The molecule has 0 radical (unpaired) electrons. The number of allylic oxidation sites excluding steroid dienone is 1. The molecule has 0 aromatic heterocycles. The maximum absolute atomic E-state index is 11.9. The molecule has 100 valence electrons. The van der Waals surface area contributed by atoms with Crippen LogP contribution in [0.2, 0.25) is 5.02 Å². The molecule has 0 fully saturated rings. The van der Waals surface area contributed by atoms with Crippen LogP contribution in [-0.4, -0.2) is 11.8 Å². The minimum absolute atomic E-state index is 0. The molecule has 0 aliphatic carbocycles. The van der Waals surface area contributed by atoms with E-state index in [1.54, 1.807) is 42.5 Å². The molecule has 2 rings (SSSR count). The standard InChI is InChI=1S/C16H11ClO3.Na/c17-13-8-5-12(6-9-13)15(18)10-7-11-3-1-2-4-14(11)16(19)20;/h1-10H,(H,19,20);/q;+1/p-1. The third-order valence-electron chi connectivity index (χ3n) is 2.72. The van der Waals surface area contributed by atoms with Gasteiger partial charge in [0.15, 0.2) is 5.78 Å². The summed E-state index contributed by atoms with van der Waals surface area (Å²) in [5.74, 6) is -1.50. The predicted molar refractivity (Wildman–Crippen MR) is 75.6 cm³/mol. The van der Waals surface area contributed by atoms with E-state index in [1.165, 1.54) is 18.2 Å². The molecule has 5 heteroatoms. The van der Waals surface area contributed by atoms with Gasteiger partial charge >= 0.3 is 29.6 Å². The van der Waals surface area contributed by atoms with Crippen LogP contribution in [0.4, 0.5) is 0 Å². The van der Waals surface area contributed by atoms with Crippen molar-refractivity contribution in [3.8, 4) is 0 Å². The Morgan fingerprint density at radius 2 is 1.62 bits per heavy atom. The molecule has 0 atom stereocenters. The Morgan fingerprint density at radius 3 is 2.24 bits per heavy atom. The van der Waals surface area contributed by atoms with Crippen molar-refractivity contribution in [2.75, 3.05) is 0 Å². The number of hydrogen-bond donors (Lipinski definition) is 0. The van der Waals surface area contributed by atoms with Crippen LogP contribution < -0.4 is 34.7 Å². The van der Waals surface area contributed by atoms with Gasteiger partial charge in [0.2, 0.25) is 0 Å². The number of carboxylic acid groups (broad SMARTS) is 1. The molecule has 0 aliphatic rings. The van der Waals surface area contributed by atoms with Crippen molar-refractivity contribution in [3.05, 3.63) is 76.3 Å². The summed E-state index contributed by atoms with van der Waals surface area (Å²) >= 11 is 5.74. The van der Waals surface area contributed by atoms with Gasteiger partial charge in [-0.15, -0.1) is 0 Å². The summed E-state index contributed by atoms with van der Waals surface area (Å²) < 4.78 is 0. The number of carboxylic acids is 1. The van der Waals surface area contributed by atoms with Gasteiger partial charge in [-0.1, -0.05) is 41.9 Å². The summed E-state index contributed by atoms with van der Waals surface area (Å²) in [5.41, 5.74) is 0.957. The largest absolute Gasteiger partial charge is 1.00 e. The van der Waals surface area contributed by atoms with Crippen molar-refractivity contribution in [1.29, 1.82) is 0 Å². The summed E-state index contributed by atoms with van der Waals surface area (Å²) in [4.78, 5) is 22.8. The van der Waals surface area contributed by atoms with Gasteiger partial charge in [-0.05, 0) is 35.9 Å². The van der Waals surface area contributed by atoms with Crippen molar-refractivity contribution in [2.45, 2.75) is 0 Å². The Kier molecular flexibility index (Phi) is 6.85. The minimum atomic E-state index is -1.27. The third kappa shape index (κ3) is 4.83. The number of benzene rings is 2. The second-order valence-electron chi connectivity index (χ2n) is 4.08. The maximum Gasteiger partial charge on any atom is 1.00 e. The van der Waals surface area contributed by atoms with E-state index in [0.29, 0.717) is 16.1 Å². The normalized spacial score (nSPS) is 10.1. The summed E-state index contributed by atoms with van der Waals surface area (Å²) in [6.07, 6.45) is 2.78. The smallest absolute Gasteiger partial charge is 0.545 e. The Bertz CT molecular complexity index is 678. The van der Waals surface area contributed by atoms with E-state index in [-0.39, 0.29) is 40.9 Å². The average Bonchev–Trinajstić information content (AvgIpc) is 2.45. The van der Waals surface area contributed by atoms with Crippen LogP contribution in [0.15, 0.2) is 54.6 Å². The molecule has 21 heavy (non-hydrogen) atoms. The predicted octanol–water partition coefficient (Wildman–Crippen LogP) is -0.396. The fourth-order valence-corrected chi connectivity index (χ4v) is 1.83. The second kappa shape index (κ2) is 8.15. The molecule has 0 saturated carbocycles. The average molecular weight is 309 g/mol. The van der Waals surface area contributed by atoms with E-state index in [2.05, 4.69) is 0 Å². The zero-order valence-electron chi connectivity index (χ0n) is 11.4. The molecule has 2 aromatic rings. The molecular formula is C16H10ClNaO3. The molecule has 0 aliphatic heterocycles. The summed E-state index contributed by atoms with van der Waals surface area (Å²) in [7, 11) is 0. The quantitative estimate of drug-likeness (QED) is 0.439. The number of rotatable bonds is 4. The monoisotopic (exact) mass is 308 g/mol. The molecule has 0 spiro atoms. The van der Waals surface area contributed by atoms with Crippen molar-refractivity contribution in [3.63, 3.8) is 0 Å². The Morgan fingerprint density at radius 1 is 1.00 bits per heavy atom. The minimum Gasteiger partial charge on any atom is -0.545 e. The van der Waals surface area contributed by atoms with Crippen molar-refractivity contribution in [2.24, 2.45) is 0 Å². The number of hydrogen-bond acceptors (Lipinski definition) is 3. The first-order chi connectivity index (χ1) is 9.58. The molecule has 0 saturated heterocycles. The molecular weight excluding hydrogens is 299 g/mol. The second-order valence-corrected chi connectivity index (χ2v) is 4.52. The first kappa shape index (κ1) is 17.7. The maximum atomic E-state index is 11.9. The van der Waals surface area contributed by atoms with Crippen molar-refractivity contribution >= 4 is 29.4 Å². The van der Waals surface area contributed by atoms with E-state index in [0.717, 1.165) is 0 Å². The fourth-order valence-electron chi connectivity index (χ4n) is 1.70. The zero-order chi connectivity index (χ0) is 14.5. The van der Waals surface area contributed by atoms with Crippen molar-refractivity contribution < 1.29 is 44.3 Å². The van der Waals surface area contributed by atoms with Crippen LogP contribution in [0.5, 0.6) is 0 Å². The molecule has 0 bridgehead atoms. The van der Waals surface area contributed by atoms with Crippen LogP contribution in [0, 0.1) is 0 Å². The van der Waals surface area contributed by atoms with Gasteiger partial charge in [0.05, 0.1) is 5.97 Å². The topological polar surface area (TPSA) is 57.2 Å². The molecule has 0 unspecified atom stereocenters. The first-order valence-corrected chi connectivity index (χ1v) is 6.24. The summed E-state index contributed by atoms with van der Waals surface area (Å²) in [6, 6.07) is 12.8. The van der Waals surface area contributed by atoms with E-state index >= 15 is 0 Å². The van der Waals surface area contributed by atoms with Gasteiger partial charge in [-0.25, -0.2) is 0 Å². The van der Waals surface area contributed by atoms with Gasteiger partial charge in [0.1, 0.15) is 0 Å². The van der Waals surface area contributed by atoms with Crippen LogP contribution in [0.25, 0.3) is 6.08 Å². The number of halogens is 1. The number of carbonyl (C=O) groups excluding carboxylic acids is 2. The van der Waals surface area contributed by atoms with Gasteiger partial charge in [0, 0.05) is 16.1 Å². The Hall–Kier alpha value is -1.39. The Balaban J connectivity index is 0.00000220. The van der Waals surface area contributed by atoms with Gasteiger partial charge in [0.25, 0.3) is 0 Å². The Labute approximate surface area is 149 Å². The van der Waals surface area contributed by atoms with E-state index in [1.807, 2.05) is 0 Å². The summed E-state index contributed by atoms with van der Waals surface area (Å²) in [5, 5.41) is 11.5. The molecule has 3 nitrogen and oxygen atoms in total. The van der Waals surface area contributed by atoms with E-state index < -0.39 is 5.97 Å². The van der Waals surface area contributed by atoms with Gasteiger partial charge in [-0.2, -0.15) is 0 Å². The molecule has 2 aromatic carbocycles. The van der Waals surface area contributed by atoms with Crippen LogP contribution >= 0.6 is 11.6 Å². The van der Waals surface area contributed by atoms with Crippen molar-refractivity contribution in [1.82, 2.24) is 0 Å². The van der Waals surface area contributed by atoms with E-state index in [9.17, 15) is 14.7 Å². The number of ketones is 1. The molecule has 0 N–H and O–H groups in total. The third-order valence-corrected chi connectivity index (χ3v) is 2.98. The fraction of sp³-hybridized carbons (Fsp3) is 0. The summed E-state index contributed by atoms with van der Waals surface area (Å²) in [6.45, 7) is 0. The van der Waals surface area contributed by atoms with Gasteiger partial charge < -0.3 is 9.90 Å². The number of aromatic carboxylic acids is 1. The molecule has 0 heterocycles. The number of carbonyl (C=O) groups is 2. The van der Waals surface area contributed by atoms with Gasteiger partial charge in [-0.3, -0.25) is 4.79 Å².